The average molecular weight is 230 g/mol. The van der Waals surface area contributed by atoms with E-state index in [1.807, 2.05) is 13.8 Å². The highest BCUT2D eigenvalue weighted by atomic mass is 16.5. The number of esters is 1. The van der Waals surface area contributed by atoms with E-state index in [2.05, 4.69) is 24.3 Å². The molecule has 0 saturated carbocycles. The first-order chi connectivity index (χ1) is 7.56. The maximum atomic E-state index is 11.2. The zero-order valence-electron chi connectivity index (χ0n) is 11.1. The summed E-state index contributed by atoms with van der Waals surface area (Å²) in [5.74, 6) is -0.115. The van der Waals surface area contributed by atoms with E-state index in [1.165, 1.54) is 6.42 Å². The van der Waals surface area contributed by atoms with Crippen LogP contribution < -0.4 is 5.32 Å². The van der Waals surface area contributed by atoms with Gasteiger partial charge in [-0.2, -0.15) is 0 Å². The van der Waals surface area contributed by atoms with Crippen molar-refractivity contribution in [3.8, 4) is 0 Å². The van der Waals surface area contributed by atoms with Crippen molar-refractivity contribution in [2.24, 2.45) is 0 Å². The molecule has 0 fully saturated rings. The van der Waals surface area contributed by atoms with Gasteiger partial charge >= 0.3 is 5.97 Å². The fourth-order valence-electron chi connectivity index (χ4n) is 1.44. The van der Waals surface area contributed by atoms with E-state index >= 15 is 0 Å². The van der Waals surface area contributed by atoms with Crippen LogP contribution >= 0.6 is 0 Å². The van der Waals surface area contributed by atoms with E-state index in [-0.39, 0.29) is 12.0 Å². The molecule has 1 N–H and O–H groups in total. The van der Waals surface area contributed by atoms with Crippen LogP contribution in [0.25, 0.3) is 0 Å². The molecule has 0 aliphatic carbocycles. The van der Waals surface area contributed by atoms with Crippen molar-refractivity contribution < 1.29 is 9.53 Å². The molecule has 0 aliphatic heterocycles. The molecule has 0 aromatic carbocycles. The molecule has 4 heteroatoms. The van der Waals surface area contributed by atoms with E-state index in [0.717, 1.165) is 19.5 Å². The summed E-state index contributed by atoms with van der Waals surface area (Å²) in [4.78, 5) is 13.3. The van der Waals surface area contributed by atoms with Gasteiger partial charge in [-0.25, -0.2) is 0 Å². The molecule has 16 heavy (non-hydrogen) atoms. The molecule has 0 heterocycles. The van der Waals surface area contributed by atoms with Gasteiger partial charge in [0.05, 0.1) is 13.0 Å². The zero-order chi connectivity index (χ0) is 12.4. The number of hydrogen-bond acceptors (Lipinski definition) is 4. The molecule has 0 aromatic heterocycles. The second-order valence-electron chi connectivity index (χ2n) is 4.37. The van der Waals surface area contributed by atoms with Gasteiger partial charge in [0.25, 0.3) is 0 Å². The molecule has 0 rings (SSSR count). The monoisotopic (exact) mass is 230 g/mol. The van der Waals surface area contributed by atoms with Crippen LogP contribution in [-0.2, 0) is 9.53 Å². The Balaban J connectivity index is 3.36. The number of unbranched alkanes of at least 4 members (excludes halogenated alkanes) is 1. The van der Waals surface area contributed by atoms with Gasteiger partial charge in [0.2, 0.25) is 0 Å². The predicted octanol–water partition coefficient (Wildman–Crippen LogP) is 1.26. The summed E-state index contributed by atoms with van der Waals surface area (Å²) in [6.07, 6.45) is 2.79. The number of carbonyl (C=O) groups is 1. The van der Waals surface area contributed by atoms with E-state index in [4.69, 9.17) is 4.74 Å². The first kappa shape index (κ1) is 15.4. The summed E-state index contributed by atoms with van der Waals surface area (Å²) in [6.45, 7) is 6.40. The lowest BCUT2D eigenvalue weighted by atomic mass is 10.2. The van der Waals surface area contributed by atoms with Gasteiger partial charge in [-0.15, -0.1) is 0 Å². The first-order valence-electron chi connectivity index (χ1n) is 6.10. The number of rotatable bonds is 9. The highest BCUT2D eigenvalue weighted by Gasteiger charge is 2.08. The molecule has 0 spiro atoms. The summed E-state index contributed by atoms with van der Waals surface area (Å²) < 4.78 is 4.89. The van der Waals surface area contributed by atoms with E-state index in [9.17, 15) is 4.79 Å². The first-order valence-corrected chi connectivity index (χ1v) is 6.10. The number of carbonyl (C=O) groups excluding carboxylic acids is 1. The van der Waals surface area contributed by atoms with Gasteiger partial charge in [0.15, 0.2) is 0 Å². The van der Waals surface area contributed by atoms with Crippen molar-refractivity contribution in [2.75, 3.05) is 33.8 Å². The van der Waals surface area contributed by atoms with Gasteiger partial charge in [-0.3, -0.25) is 4.79 Å². The number of ether oxygens (including phenoxy) is 1. The Morgan fingerprint density at radius 1 is 1.38 bits per heavy atom. The van der Waals surface area contributed by atoms with Crippen LogP contribution in [0, 0.1) is 0 Å². The molecular formula is C12H26N2O2. The minimum absolute atomic E-state index is 0.115. The molecule has 0 saturated heterocycles. The number of nitrogens with zero attached hydrogens (tertiary/aromatic N) is 1. The smallest absolute Gasteiger partial charge is 0.307 e. The van der Waals surface area contributed by atoms with Crippen molar-refractivity contribution >= 4 is 5.97 Å². The summed E-state index contributed by atoms with van der Waals surface area (Å²) >= 11 is 0. The molecule has 0 aliphatic rings. The fourth-order valence-corrected chi connectivity index (χ4v) is 1.44. The van der Waals surface area contributed by atoms with Gasteiger partial charge < -0.3 is 15.0 Å². The SMILES string of the molecule is CCOC(=O)CC(C)NCCCCN(C)C. The third-order valence-electron chi connectivity index (χ3n) is 2.30. The van der Waals surface area contributed by atoms with Gasteiger partial charge in [0, 0.05) is 6.04 Å². The molecule has 4 nitrogen and oxygen atoms in total. The molecular weight excluding hydrogens is 204 g/mol. The van der Waals surface area contributed by atoms with Crippen LogP contribution in [-0.4, -0.2) is 50.7 Å². The van der Waals surface area contributed by atoms with Crippen molar-refractivity contribution in [3.63, 3.8) is 0 Å². The van der Waals surface area contributed by atoms with E-state index in [0.29, 0.717) is 13.0 Å². The Morgan fingerprint density at radius 2 is 2.06 bits per heavy atom. The minimum atomic E-state index is -0.115. The van der Waals surface area contributed by atoms with Gasteiger partial charge in [-0.05, 0) is 53.9 Å². The van der Waals surface area contributed by atoms with Crippen LogP contribution in [0.5, 0.6) is 0 Å². The summed E-state index contributed by atoms with van der Waals surface area (Å²) in [6, 6.07) is 0.207. The Labute approximate surface area is 99.3 Å². The van der Waals surface area contributed by atoms with Crippen LogP contribution in [0.15, 0.2) is 0 Å². The lowest BCUT2D eigenvalue weighted by Gasteiger charge is -2.13. The second-order valence-corrected chi connectivity index (χ2v) is 4.37. The van der Waals surface area contributed by atoms with Crippen LogP contribution in [0.4, 0.5) is 0 Å². The molecule has 0 bridgehead atoms. The Morgan fingerprint density at radius 3 is 2.62 bits per heavy atom. The topological polar surface area (TPSA) is 41.6 Å². The van der Waals surface area contributed by atoms with Crippen LogP contribution in [0.1, 0.15) is 33.1 Å². The van der Waals surface area contributed by atoms with Crippen molar-refractivity contribution in [2.45, 2.75) is 39.2 Å². The molecule has 96 valence electrons. The lowest BCUT2D eigenvalue weighted by Crippen LogP contribution is -2.30. The maximum absolute atomic E-state index is 11.2. The van der Waals surface area contributed by atoms with E-state index in [1.54, 1.807) is 0 Å². The van der Waals surface area contributed by atoms with Crippen molar-refractivity contribution in [3.05, 3.63) is 0 Å². The standard InChI is InChI=1S/C12H26N2O2/c1-5-16-12(15)10-11(2)13-8-6-7-9-14(3)4/h11,13H,5-10H2,1-4H3. The highest BCUT2D eigenvalue weighted by Crippen LogP contribution is 1.95. The van der Waals surface area contributed by atoms with Crippen LogP contribution in [0.2, 0.25) is 0 Å². The Bertz CT molecular complexity index is 184. The number of nitrogens with one attached hydrogen (secondary N) is 1. The fraction of sp³-hybridized carbons (Fsp3) is 0.917. The van der Waals surface area contributed by atoms with Crippen molar-refractivity contribution in [1.82, 2.24) is 10.2 Å². The second kappa shape index (κ2) is 9.60. The molecule has 1 atom stereocenters. The highest BCUT2D eigenvalue weighted by molar-refractivity contribution is 5.69. The van der Waals surface area contributed by atoms with Crippen molar-refractivity contribution in [1.29, 1.82) is 0 Å². The average Bonchev–Trinajstić information content (AvgIpc) is 2.16. The third kappa shape index (κ3) is 9.93. The Kier molecular flexibility index (Phi) is 9.24. The number of hydrogen-bond donors (Lipinski definition) is 1. The molecule has 0 radical (unpaired) electrons. The molecule has 0 aromatic rings. The summed E-state index contributed by atoms with van der Waals surface area (Å²) in [5, 5.41) is 3.33. The predicted molar refractivity (Wildman–Crippen MR) is 66.5 cm³/mol. The van der Waals surface area contributed by atoms with Gasteiger partial charge in [-0.1, -0.05) is 0 Å². The van der Waals surface area contributed by atoms with Gasteiger partial charge in [0.1, 0.15) is 0 Å². The van der Waals surface area contributed by atoms with Crippen LogP contribution in [0.3, 0.4) is 0 Å². The minimum Gasteiger partial charge on any atom is -0.466 e. The van der Waals surface area contributed by atoms with E-state index < -0.39 is 0 Å². The lowest BCUT2D eigenvalue weighted by molar-refractivity contribution is -0.143. The maximum Gasteiger partial charge on any atom is 0.307 e. The Hall–Kier alpha value is -0.610. The largest absolute Gasteiger partial charge is 0.466 e. The molecule has 1 unspecified atom stereocenters. The zero-order valence-corrected chi connectivity index (χ0v) is 11.1. The quantitative estimate of drug-likeness (QED) is 0.478. The summed E-state index contributed by atoms with van der Waals surface area (Å²) in [5.41, 5.74) is 0. The molecule has 0 amide bonds. The third-order valence-corrected chi connectivity index (χ3v) is 2.30. The summed E-state index contributed by atoms with van der Waals surface area (Å²) in [7, 11) is 4.16. The normalized spacial score (nSPS) is 12.8.